The van der Waals surface area contributed by atoms with Gasteiger partial charge in [-0.15, -0.1) is 0 Å². The Morgan fingerprint density at radius 2 is 1.97 bits per heavy atom. The van der Waals surface area contributed by atoms with Crippen molar-refractivity contribution in [3.63, 3.8) is 0 Å². The van der Waals surface area contributed by atoms with Crippen molar-refractivity contribution >= 4 is 38.1 Å². The van der Waals surface area contributed by atoms with Gasteiger partial charge in [0.15, 0.2) is 5.65 Å². The lowest BCUT2D eigenvalue weighted by Crippen LogP contribution is -2.16. The summed E-state index contributed by atoms with van der Waals surface area (Å²) in [6.07, 6.45) is 1.00. The van der Waals surface area contributed by atoms with Gasteiger partial charge in [-0.25, -0.2) is 32.3 Å². The Bertz CT molecular complexity index is 1470. The molecule has 2 aromatic heterocycles. The Morgan fingerprint density at radius 3 is 2.63 bits per heavy atom. The number of benzene rings is 1. The van der Waals surface area contributed by atoms with E-state index in [9.17, 15) is 22.2 Å². The van der Waals surface area contributed by atoms with E-state index >= 15 is 0 Å². The van der Waals surface area contributed by atoms with Crippen molar-refractivity contribution in [2.24, 2.45) is 4.36 Å². The molecule has 0 bridgehead atoms. The number of halogens is 3. The minimum Gasteiger partial charge on any atom is -0.363 e. The monoisotopic (exact) mass is 503 g/mol. The SMILES string of the molecule is CC(=O)N=S1(=O)CC=C(c2cnc3nc(C)nc(N[C@H](C)c4cccc(C(F)F)c4F)c3c2)CC1. The number of rotatable bonds is 5. The number of aryl methyl sites for hydroxylation is 1. The molecule has 1 N–H and O–H groups in total. The number of aromatic nitrogens is 3. The standard InChI is InChI=1S/C24H24F3N5O2S/c1-13(18-5-4-6-19(21(18)25)22(26)27)29-24-20-11-17(12-28-23(20)30-14(2)31-24)16-7-9-35(34,10-8-16)32-15(3)33/h4-7,11-13,22H,8-10H2,1-3H3,(H,28,29,30,31)/t13-,35?/m1/s1. The lowest BCUT2D eigenvalue weighted by Gasteiger charge is -2.19. The third-order valence-electron chi connectivity index (χ3n) is 5.72. The molecule has 7 nitrogen and oxygen atoms in total. The molecule has 1 unspecified atom stereocenters. The molecule has 0 aliphatic carbocycles. The zero-order valence-corrected chi connectivity index (χ0v) is 20.2. The lowest BCUT2D eigenvalue weighted by molar-refractivity contribution is -0.115. The molecule has 11 heteroatoms. The average Bonchev–Trinajstić information content (AvgIpc) is 2.78. The van der Waals surface area contributed by atoms with Crippen molar-refractivity contribution in [1.82, 2.24) is 15.0 Å². The molecule has 1 aromatic carbocycles. The molecule has 0 radical (unpaired) electrons. The summed E-state index contributed by atoms with van der Waals surface area (Å²) < 4.78 is 57.5. The van der Waals surface area contributed by atoms with E-state index in [2.05, 4.69) is 24.6 Å². The van der Waals surface area contributed by atoms with Crippen LogP contribution in [0.15, 0.2) is 40.9 Å². The average molecular weight is 504 g/mol. The van der Waals surface area contributed by atoms with Gasteiger partial charge < -0.3 is 5.32 Å². The summed E-state index contributed by atoms with van der Waals surface area (Å²) >= 11 is 0. The predicted molar refractivity (Wildman–Crippen MR) is 129 cm³/mol. The highest BCUT2D eigenvalue weighted by atomic mass is 32.2. The van der Waals surface area contributed by atoms with E-state index in [0.29, 0.717) is 29.1 Å². The highest BCUT2D eigenvalue weighted by molar-refractivity contribution is 7.94. The smallest absolute Gasteiger partial charge is 0.266 e. The summed E-state index contributed by atoms with van der Waals surface area (Å²) in [5.41, 5.74) is 1.55. The summed E-state index contributed by atoms with van der Waals surface area (Å²) in [4.78, 5) is 24.5. The number of alkyl halides is 2. The van der Waals surface area contributed by atoms with E-state index in [1.165, 1.54) is 19.1 Å². The van der Waals surface area contributed by atoms with Gasteiger partial charge in [0.25, 0.3) is 12.3 Å². The van der Waals surface area contributed by atoms with Crippen molar-refractivity contribution in [3.05, 3.63) is 64.9 Å². The van der Waals surface area contributed by atoms with Crippen LogP contribution in [0.25, 0.3) is 16.6 Å². The first-order valence-electron chi connectivity index (χ1n) is 11.0. The quantitative estimate of drug-likeness (QED) is 0.502. The van der Waals surface area contributed by atoms with Crippen LogP contribution in [0.2, 0.25) is 0 Å². The minimum atomic E-state index is -2.92. The number of carbonyl (C=O) groups excluding carboxylic acids is 1. The van der Waals surface area contributed by atoms with E-state index < -0.39 is 39.5 Å². The minimum absolute atomic E-state index is 0.0929. The molecule has 0 saturated heterocycles. The van der Waals surface area contributed by atoms with Gasteiger partial charge >= 0.3 is 0 Å². The molecule has 3 heterocycles. The summed E-state index contributed by atoms with van der Waals surface area (Å²) in [5.74, 6) is -0.134. The molecule has 4 rings (SSSR count). The van der Waals surface area contributed by atoms with Crippen LogP contribution in [0.3, 0.4) is 0 Å². The summed E-state index contributed by atoms with van der Waals surface area (Å²) in [6.45, 7) is 4.64. The number of nitrogens with one attached hydrogen (secondary N) is 1. The van der Waals surface area contributed by atoms with Crippen LogP contribution in [-0.2, 0) is 14.5 Å². The molecule has 1 aliphatic rings. The Labute approximate surface area is 201 Å². The van der Waals surface area contributed by atoms with Gasteiger partial charge in [-0.1, -0.05) is 24.3 Å². The summed E-state index contributed by atoms with van der Waals surface area (Å²) in [7, 11) is -2.59. The predicted octanol–water partition coefficient (Wildman–Crippen LogP) is 5.38. The molecule has 1 amide bonds. The first-order chi connectivity index (χ1) is 16.6. The van der Waals surface area contributed by atoms with Crippen molar-refractivity contribution < 1.29 is 22.2 Å². The number of fused-ring (bicyclic) bond motifs is 1. The molecule has 0 spiro atoms. The number of amides is 1. The van der Waals surface area contributed by atoms with Crippen LogP contribution in [-0.4, -0.2) is 36.6 Å². The zero-order valence-electron chi connectivity index (χ0n) is 19.4. The maximum atomic E-state index is 14.7. The molecular weight excluding hydrogens is 479 g/mol. The van der Waals surface area contributed by atoms with Crippen LogP contribution < -0.4 is 5.32 Å². The summed E-state index contributed by atoms with van der Waals surface area (Å²) in [6, 6.07) is 5.09. The Kier molecular flexibility index (Phi) is 6.88. The van der Waals surface area contributed by atoms with E-state index in [-0.39, 0.29) is 17.1 Å². The second-order valence-corrected chi connectivity index (χ2v) is 10.8. The Morgan fingerprint density at radius 1 is 1.23 bits per heavy atom. The van der Waals surface area contributed by atoms with Gasteiger partial charge in [0, 0.05) is 24.4 Å². The normalized spacial score (nSPS) is 18.9. The molecule has 0 fully saturated rings. The van der Waals surface area contributed by atoms with Crippen molar-refractivity contribution in [3.8, 4) is 0 Å². The number of carbonyl (C=O) groups is 1. The van der Waals surface area contributed by atoms with E-state index in [1.807, 2.05) is 6.07 Å². The van der Waals surface area contributed by atoms with Gasteiger partial charge in [0.05, 0.1) is 32.5 Å². The van der Waals surface area contributed by atoms with Crippen LogP contribution in [0, 0.1) is 12.7 Å². The number of anilines is 1. The Hall–Kier alpha value is -3.34. The number of allylic oxidation sites excluding steroid dienone is 1. The van der Waals surface area contributed by atoms with Gasteiger partial charge in [-0.3, -0.25) is 4.79 Å². The fraction of sp³-hybridized carbons (Fsp3) is 0.333. The van der Waals surface area contributed by atoms with Crippen LogP contribution in [0.4, 0.5) is 19.0 Å². The van der Waals surface area contributed by atoms with Crippen molar-refractivity contribution in [2.75, 3.05) is 16.8 Å². The van der Waals surface area contributed by atoms with Crippen molar-refractivity contribution in [2.45, 2.75) is 39.7 Å². The highest BCUT2D eigenvalue weighted by Gasteiger charge is 2.22. The number of nitrogens with zero attached hydrogens (tertiary/aromatic N) is 4. The molecule has 0 saturated carbocycles. The van der Waals surface area contributed by atoms with Crippen molar-refractivity contribution in [1.29, 1.82) is 0 Å². The molecule has 1 aliphatic heterocycles. The van der Waals surface area contributed by atoms with E-state index in [0.717, 1.165) is 17.2 Å². The van der Waals surface area contributed by atoms with E-state index in [1.54, 1.807) is 26.1 Å². The number of hydrogen-bond donors (Lipinski definition) is 1. The van der Waals surface area contributed by atoms with E-state index in [4.69, 9.17) is 0 Å². The van der Waals surface area contributed by atoms with Crippen LogP contribution in [0.5, 0.6) is 0 Å². The van der Waals surface area contributed by atoms with Gasteiger partial charge in [0.2, 0.25) is 0 Å². The molecule has 3 aromatic rings. The zero-order chi connectivity index (χ0) is 25.3. The number of pyridine rings is 1. The Balaban J connectivity index is 1.70. The van der Waals surface area contributed by atoms with Crippen LogP contribution in [0.1, 0.15) is 55.3 Å². The number of hydrogen-bond acceptors (Lipinski definition) is 6. The third kappa shape index (κ3) is 5.34. The molecule has 35 heavy (non-hydrogen) atoms. The van der Waals surface area contributed by atoms with Crippen LogP contribution >= 0.6 is 0 Å². The second-order valence-electron chi connectivity index (χ2n) is 8.36. The topological polar surface area (TPSA) is 97.2 Å². The maximum absolute atomic E-state index is 14.7. The first-order valence-corrected chi connectivity index (χ1v) is 12.8. The summed E-state index contributed by atoms with van der Waals surface area (Å²) in [5, 5.41) is 3.69. The molecule has 184 valence electrons. The third-order valence-corrected chi connectivity index (χ3v) is 7.84. The highest BCUT2D eigenvalue weighted by Crippen LogP contribution is 2.32. The fourth-order valence-corrected chi connectivity index (χ4v) is 5.83. The second kappa shape index (κ2) is 9.73. The fourth-order valence-electron chi connectivity index (χ4n) is 4.03. The van der Waals surface area contributed by atoms with Gasteiger partial charge in [-0.05, 0) is 37.5 Å². The van der Waals surface area contributed by atoms with Gasteiger partial charge in [0.1, 0.15) is 17.5 Å². The largest absolute Gasteiger partial charge is 0.363 e. The lowest BCUT2D eigenvalue weighted by atomic mass is 10.0. The molecular formula is C24H24F3N5O2S. The molecule has 2 atom stereocenters. The van der Waals surface area contributed by atoms with Gasteiger partial charge in [-0.2, -0.15) is 4.36 Å². The maximum Gasteiger partial charge on any atom is 0.266 e. The first kappa shape index (κ1) is 24.8.